The lowest BCUT2D eigenvalue weighted by Gasteiger charge is -2.07. The summed E-state index contributed by atoms with van der Waals surface area (Å²) in [6.45, 7) is 1.49. The van der Waals surface area contributed by atoms with Crippen molar-refractivity contribution in [2.45, 2.75) is 19.4 Å². The van der Waals surface area contributed by atoms with Gasteiger partial charge >= 0.3 is 0 Å². The Morgan fingerprint density at radius 3 is 3.05 bits per heavy atom. The second kappa shape index (κ2) is 7.40. The van der Waals surface area contributed by atoms with E-state index in [1.165, 1.54) is 6.33 Å². The fraction of sp³-hybridized carbons (Fsp3) is 0.357. The largest absolute Gasteiger partial charge is 0.326 e. The van der Waals surface area contributed by atoms with Gasteiger partial charge in [0.05, 0.1) is 6.54 Å². The van der Waals surface area contributed by atoms with Gasteiger partial charge in [0.25, 0.3) is 0 Å². The SMILES string of the molecule is CNCCCC(=O)Nc1cccc(Cn2cncn2)c1. The normalized spacial score (nSPS) is 10.4. The molecule has 6 nitrogen and oxygen atoms in total. The third kappa shape index (κ3) is 4.47. The molecule has 0 saturated heterocycles. The summed E-state index contributed by atoms with van der Waals surface area (Å²) in [4.78, 5) is 15.7. The number of rotatable bonds is 7. The maximum Gasteiger partial charge on any atom is 0.224 e. The molecular weight excluding hydrogens is 254 g/mol. The summed E-state index contributed by atoms with van der Waals surface area (Å²) in [5.74, 6) is 0.0400. The Kier molecular flexibility index (Phi) is 5.25. The van der Waals surface area contributed by atoms with Crippen molar-refractivity contribution in [1.82, 2.24) is 20.1 Å². The number of nitrogens with one attached hydrogen (secondary N) is 2. The zero-order valence-electron chi connectivity index (χ0n) is 11.5. The zero-order valence-corrected chi connectivity index (χ0v) is 11.5. The van der Waals surface area contributed by atoms with Crippen LogP contribution in [0.2, 0.25) is 0 Å². The average Bonchev–Trinajstić information content (AvgIpc) is 2.92. The molecule has 20 heavy (non-hydrogen) atoms. The molecule has 1 amide bonds. The van der Waals surface area contributed by atoms with Gasteiger partial charge in [0.1, 0.15) is 12.7 Å². The van der Waals surface area contributed by atoms with Crippen molar-refractivity contribution < 1.29 is 4.79 Å². The van der Waals surface area contributed by atoms with Crippen molar-refractivity contribution in [3.63, 3.8) is 0 Å². The van der Waals surface area contributed by atoms with Crippen molar-refractivity contribution in [3.05, 3.63) is 42.5 Å². The molecule has 0 aliphatic heterocycles. The maximum atomic E-state index is 11.7. The fourth-order valence-electron chi connectivity index (χ4n) is 1.90. The molecule has 0 unspecified atom stereocenters. The molecule has 2 aromatic rings. The van der Waals surface area contributed by atoms with Crippen LogP contribution in [0.25, 0.3) is 0 Å². The molecule has 0 bridgehead atoms. The van der Waals surface area contributed by atoms with Crippen LogP contribution in [0.15, 0.2) is 36.9 Å². The molecule has 2 N–H and O–H groups in total. The summed E-state index contributed by atoms with van der Waals surface area (Å²) in [6, 6.07) is 7.77. The Morgan fingerprint density at radius 2 is 2.30 bits per heavy atom. The van der Waals surface area contributed by atoms with E-state index in [0.29, 0.717) is 13.0 Å². The average molecular weight is 273 g/mol. The molecule has 0 radical (unpaired) electrons. The third-order valence-electron chi connectivity index (χ3n) is 2.85. The number of amides is 1. The number of hydrogen-bond donors (Lipinski definition) is 2. The molecular formula is C14H19N5O. The van der Waals surface area contributed by atoms with Gasteiger partial charge in [0.15, 0.2) is 0 Å². The van der Waals surface area contributed by atoms with Crippen LogP contribution < -0.4 is 10.6 Å². The van der Waals surface area contributed by atoms with Gasteiger partial charge in [-0.2, -0.15) is 5.10 Å². The Labute approximate surface area is 118 Å². The molecule has 6 heteroatoms. The Morgan fingerprint density at radius 1 is 1.40 bits per heavy atom. The minimum atomic E-state index is 0.0400. The Balaban J connectivity index is 1.90. The van der Waals surface area contributed by atoms with Crippen molar-refractivity contribution in [2.75, 3.05) is 18.9 Å². The number of aromatic nitrogens is 3. The van der Waals surface area contributed by atoms with Crippen LogP contribution in [0, 0.1) is 0 Å². The minimum absolute atomic E-state index is 0.0400. The summed E-state index contributed by atoms with van der Waals surface area (Å²) in [5, 5.41) is 10.00. The summed E-state index contributed by atoms with van der Waals surface area (Å²) in [6.07, 6.45) is 4.53. The molecule has 1 heterocycles. The number of hydrogen-bond acceptors (Lipinski definition) is 4. The number of carbonyl (C=O) groups excluding carboxylic acids is 1. The summed E-state index contributed by atoms with van der Waals surface area (Å²) < 4.78 is 1.74. The van der Waals surface area contributed by atoms with Crippen LogP contribution in [0.4, 0.5) is 5.69 Å². The van der Waals surface area contributed by atoms with Gasteiger partial charge in [0, 0.05) is 12.1 Å². The smallest absolute Gasteiger partial charge is 0.224 e. The Bertz CT molecular complexity index is 538. The van der Waals surface area contributed by atoms with E-state index in [1.54, 1.807) is 11.0 Å². The van der Waals surface area contributed by atoms with Gasteiger partial charge in [0.2, 0.25) is 5.91 Å². The highest BCUT2D eigenvalue weighted by molar-refractivity contribution is 5.90. The quantitative estimate of drug-likeness (QED) is 0.745. The van der Waals surface area contributed by atoms with Crippen molar-refractivity contribution in [3.8, 4) is 0 Å². The van der Waals surface area contributed by atoms with E-state index in [0.717, 1.165) is 24.2 Å². The first-order valence-electron chi connectivity index (χ1n) is 6.64. The van der Waals surface area contributed by atoms with Crippen LogP contribution in [0.5, 0.6) is 0 Å². The molecule has 1 aromatic carbocycles. The highest BCUT2D eigenvalue weighted by atomic mass is 16.1. The van der Waals surface area contributed by atoms with Crippen molar-refractivity contribution >= 4 is 11.6 Å². The van der Waals surface area contributed by atoms with Crippen LogP contribution in [-0.2, 0) is 11.3 Å². The summed E-state index contributed by atoms with van der Waals surface area (Å²) in [5.41, 5.74) is 1.89. The molecule has 106 valence electrons. The van der Waals surface area contributed by atoms with E-state index < -0.39 is 0 Å². The molecule has 0 aliphatic rings. The minimum Gasteiger partial charge on any atom is -0.326 e. The molecule has 2 rings (SSSR count). The zero-order chi connectivity index (χ0) is 14.2. The molecule has 0 aliphatic carbocycles. The topological polar surface area (TPSA) is 71.8 Å². The predicted octanol–water partition coefficient (Wildman–Crippen LogP) is 1.26. The van der Waals surface area contributed by atoms with E-state index in [-0.39, 0.29) is 5.91 Å². The number of benzene rings is 1. The fourth-order valence-corrected chi connectivity index (χ4v) is 1.90. The van der Waals surface area contributed by atoms with Gasteiger partial charge < -0.3 is 10.6 Å². The molecule has 0 fully saturated rings. The van der Waals surface area contributed by atoms with E-state index in [2.05, 4.69) is 20.7 Å². The van der Waals surface area contributed by atoms with E-state index in [9.17, 15) is 4.79 Å². The second-order valence-corrected chi connectivity index (χ2v) is 4.55. The lowest BCUT2D eigenvalue weighted by Crippen LogP contribution is -2.15. The highest BCUT2D eigenvalue weighted by Gasteiger charge is 2.03. The van der Waals surface area contributed by atoms with Crippen LogP contribution in [-0.4, -0.2) is 34.3 Å². The predicted molar refractivity (Wildman–Crippen MR) is 77.4 cm³/mol. The first-order chi connectivity index (χ1) is 9.78. The van der Waals surface area contributed by atoms with Gasteiger partial charge in [-0.3, -0.25) is 4.79 Å². The lowest BCUT2D eigenvalue weighted by molar-refractivity contribution is -0.116. The molecule has 0 atom stereocenters. The Hall–Kier alpha value is -2.21. The van der Waals surface area contributed by atoms with E-state index in [1.807, 2.05) is 31.3 Å². The maximum absolute atomic E-state index is 11.7. The van der Waals surface area contributed by atoms with Crippen molar-refractivity contribution in [2.24, 2.45) is 0 Å². The summed E-state index contributed by atoms with van der Waals surface area (Å²) in [7, 11) is 1.88. The van der Waals surface area contributed by atoms with Crippen LogP contribution in [0.3, 0.4) is 0 Å². The number of nitrogens with zero attached hydrogens (tertiary/aromatic N) is 3. The van der Waals surface area contributed by atoms with E-state index in [4.69, 9.17) is 0 Å². The molecule has 0 saturated carbocycles. The number of anilines is 1. The monoisotopic (exact) mass is 273 g/mol. The van der Waals surface area contributed by atoms with Crippen molar-refractivity contribution in [1.29, 1.82) is 0 Å². The van der Waals surface area contributed by atoms with Gasteiger partial charge in [-0.05, 0) is 37.7 Å². The van der Waals surface area contributed by atoms with Gasteiger partial charge in [-0.15, -0.1) is 0 Å². The van der Waals surface area contributed by atoms with Crippen LogP contribution >= 0.6 is 0 Å². The number of carbonyl (C=O) groups is 1. The molecule has 0 spiro atoms. The second-order valence-electron chi connectivity index (χ2n) is 4.55. The third-order valence-corrected chi connectivity index (χ3v) is 2.85. The lowest BCUT2D eigenvalue weighted by atomic mass is 10.2. The first-order valence-corrected chi connectivity index (χ1v) is 6.64. The van der Waals surface area contributed by atoms with E-state index >= 15 is 0 Å². The van der Waals surface area contributed by atoms with Gasteiger partial charge in [-0.1, -0.05) is 12.1 Å². The molecule has 1 aromatic heterocycles. The highest BCUT2D eigenvalue weighted by Crippen LogP contribution is 2.12. The standard InChI is InChI=1S/C14H19N5O/c1-15-7-3-6-14(20)18-13-5-2-4-12(8-13)9-19-11-16-10-17-19/h2,4-5,8,10-11,15H,3,6-7,9H2,1H3,(H,18,20). The van der Waals surface area contributed by atoms with Crippen LogP contribution in [0.1, 0.15) is 18.4 Å². The summed E-state index contributed by atoms with van der Waals surface area (Å²) >= 11 is 0. The van der Waals surface area contributed by atoms with Gasteiger partial charge in [-0.25, -0.2) is 9.67 Å². The first kappa shape index (κ1) is 14.2.